The van der Waals surface area contributed by atoms with E-state index in [1.807, 2.05) is 13.0 Å². The average molecular weight is 691 g/mol. The van der Waals surface area contributed by atoms with Gasteiger partial charge in [0.2, 0.25) is 0 Å². The summed E-state index contributed by atoms with van der Waals surface area (Å²) in [5.74, 6) is 0. The van der Waals surface area contributed by atoms with E-state index in [1.165, 1.54) is 27.9 Å². The molecule has 0 radical (unpaired) electrons. The van der Waals surface area contributed by atoms with Crippen molar-refractivity contribution in [3.63, 3.8) is 0 Å². The Morgan fingerprint density at radius 1 is 0.510 bits per heavy atom. The summed E-state index contributed by atoms with van der Waals surface area (Å²) in [6.07, 6.45) is 14.2. The molecule has 0 unspecified atom stereocenters. The Morgan fingerprint density at radius 3 is 1.39 bits per heavy atom. The van der Waals surface area contributed by atoms with Gasteiger partial charge in [0.05, 0.1) is 19.8 Å². The van der Waals surface area contributed by atoms with Crippen molar-refractivity contribution < 1.29 is 44.5 Å². The molecule has 0 amide bonds. The third kappa shape index (κ3) is 17.2. The molecule has 2 saturated heterocycles. The van der Waals surface area contributed by atoms with Crippen molar-refractivity contribution in [1.82, 2.24) is 0 Å². The predicted octanol–water partition coefficient (Wildman–Crippen LogP) is 6.50. The van der Waals surface area contributed by atoms with Crippen LogP contribution in [0.25, 0.3) is 0 Å². The van der Waals surface area contributed by atoms with Crippen LogP contribution in [0.2, 0.25) is 0 Å². The van der Waals surface area contributed by atoms with Gasteiger partial charge in [-0.2, -0.15) is 0 Å². The summed E-state index contributed by atoms with van der Waals surface area (Å²) in [5.41, 5.74) is 8.35. The molecule has 280 valence electrons. The van der Waals surface area contributed by atoms with Crippen molar-refractivity contribution in [1.29, 1.82) is 0 Å². The second-order valence-electron chi connectivity index (χ2n) is 14.2. The van der Waals surface area contributed by atoms with Gasteiger partial charge in [0.1, 0.15) is 36.6 Å². The highest BCUT2D eigenvalue weighted by Crippen LogP contribution is 2.24. The molecule has 0 bridgehead atoms. The molecular weight excluding hydrogens is 624 g/mol. The molecule has 0 spiro atoms. The lowest BCUT2D eigenvalue weighted by Crippen LogP contribution is -2.59. The fourth-order valence-corrected chi connectivity index (χ4v) is 5.67. The Balaban J connectivity index is 1.61. The van der Waals surface area contributed by atoms with Crippen molar-refractivity contribution in [3.8, 4) is 0 Å². The smallest absolute Gasteiger partial charge is 0.186 e. The first-order chi connectivity index (χ1) is 23.3. The normalized spacial score (nSPS) is 29.3. The predicted molar refractivity (Wildman–Crippen MR) is 195 cm³/mol. The zero-order chi connectivity index (χ0) is 36.3. The largest absolute Gasteiger partial charge is 0.388 e. The number of aliphatic hydroxyl groups is 5. The summed E-state index contributed by atoms with van der Waals surface area (Å²) in [4.78, 5) is 0. The summed E-state index contributed by atoms with van der Waals surface area (Å²) in [7, 11) is 0. The Bertz CT molecular complexity index is 1150. The topological polar surface area (TPSA) is 138 Å². The highest BCUT2D eigenvalue weighted by molar-refractivity contribution is 5.09. The zero-order valence-electron chi connectivity index (χ0n) is 31.1. The maximum atomic E-state index is 10.5. The zero-order valence-corrected chi connectivity index (χ0v) is 31.1. The Hall–Kier alpha value is -1.92. The molecule has 0 aliphatic carbocycles. The van der Waals surface area contributed by atoms with Crippen molar-refractivity contribution in [3.05, 3.63) is 69.9 Å². The van der Waals surface area contributed by atoms with E-state index in [2.05, 4.69) is 71.9 Å². The van der Waals surface area contributed by atoms with Crippen LogP contribution in [0, 0.1) is 0 Å². The summed E-state index contributed by atoms with van der Waals surface area (Å²) >= 11 is 0. The monoisotopic (exact) mass is 690 g/mol. The van der Waals surface area contributed by atoms with Crippen molar-refractivity contribution in [2.75, 3.05) is 19.8 Å². The van der Waals surface area contributed by atoms with E-state index in [1.54, 1.807) is 0 Å². The van der Waals surface area contributed by atoms with Crippen molar-refractivity contribution in [2.45, 2.75) is 162 Å². The van der Waals surface area contributed by atoms with E-state index in [0.29, 0.717) is 0 Å². The van der Waals surface area contributed by atoms with Gasteiger partial charge in [-0.25, -0.2) is 0 Å². The molecule has 9 nitrogen and oxygen atoms in total. The standard InChI is InChI=1S/C40H66O9/c1-27(2)13-8-14-28(3)15-9-16-29(4)17-10-18-30(5)19-11-20-31(6)21-12-22-32(7)23-24-46-39-38(45)36(43)34(26-48-39)49-40-37(44)35(42)33(41)25-47-40/h13,15,17,19,21,23,33-45H,8-12,14,16,18,20,22,24-26H2,1-7H3/b28-15+,29-17+,30-19+,31-21+,32-23+/t33-,34-,35+,36+,37-,38-,39-,40+/m1/s1. The summed E-state index contributed by atoms with van der Waals surface area (Å²) in [6.45, 7) is 15.1. The maximum Gasteiger partial charge on any atom is 0.186 e. The van der Waals surface area contributed by atoms with E-state index in [-0.39, 0.29) is 19.8 Å². The lowest BCUT2D eigenvalue weighted by Gasteiger charge is -2.41. The SMILES string of the molecule is CC(C)=CCC/C(C)=C/CC/C(C)=C/CC/C(C)=C/CC/C(C)=C/CC/C(C)=C/CO[C@@H]1OC[C@@H](O[C@@H]2OC[C@@H](O)[C@H](O)[C@H]2O)[C@H](O)[C@H]1O. The van der Waals surface area contributed by atoms with Crippen LogP contribution in [-0.4, -0.2) is 94.6 Å². The second-order valence-corrected chi connectivity index (χ2v) is 14.2. The number of rotatable bonds is 20. The lowest BCUT2D eigenvalue weighted by molar-refractivity contribution is -0.327. The van der Waals surface area contributed by atoms with Gasteiger partial charge in [-0.3, -0.25) is 0 Å². The van der Waals surface area contributed by atoms with Crippen molar-refractivity contribution in [2.24, 2.45) is 0 Å². The molecule has 0 aromatic carbocycles. The molecule has 0 saturated carbocycles. The number of allylic oxidation sites excluding steroid dienone is 11. The van der Waals surface area contributed by atoms with Crippen LogP contribution in [0.1, 0.15) is 113 Å². The van der Waals surface area contributed by atoms with Gasteiger partial charge in [0, 0.05) is 0 Å². The molecule has 8 atom stereocenters. The van der Waals surface area contributed by atoms with Gasteiger partial charge in [-0.15, -0.1) is 0 Å². The van der Waals surface area contributed by atoms with Gasteiger partial charge in [0.25, 0.3) is 0 Å². The third-order valence-electron chi connectivity index (χ3n) is 9.11. The van der Waals surface area contributed by atoms with Gasteiger partial charge in [-0.05, 0) is 113 Å². The lowest BCUT2D eigenvalue weighted by atomic mass is 10.0. The minimum Gasteiger partial charge on any atom is -0.388 e. The Labute approximate surface area is 295 Å². The third-order valence-corrected chi connectivity index (χ3v) is 9.11. The minimum atomic E-state index is -1.50. The van der Waals surface area contributed by atoms with Crippen LogP contribution < -0.4 is 0 Å². The van der Waals surface area contributed by atoms with E-state index in [4.69, 9.17) is 18.9 Å². The minimum absolute atomic E-state index is 0.109. The highest BCUT2D eigenvalue weighted by atomic mass is 16.7. The van der Waals surface area contributed by atoms with Crippen molar-refractivity contribution >= 4 is 0 Å². The Morgan fingerprint density at radius 2 is 0.918 bits per heavy atom. The fraction of sp³-hybridized carbons (Fsp3) is 0.700. The quantitative estimate of drug-likeness (QED) is 0.0906. The fourth-order valence-electron chi connectivity index (χ4n) is 5.67. The van der Waals surface area contributed by atoms with Gasteiger partial charge in [0.15, 0.2) is 12.6 Å². The van der Waals surface area contributed by atoms with Crippen LogP contribution in [-0.2, 0) is 18.9 Å². The maximum absolute atomic E-state index is 10.5. The molecule has 0 aromatic rings. The first kappa shape index (κ1) is 43.2. The highest BCUT2D eigenvalue weighted by Gasteiger charge is 2.44. The first-order valence-electron chi connectivity index (χ1n) is 18.1. The molecular formula is C40H66O9. The number of aliphatic hydroxyl groups excluding tert-OH is 5. The molecule has 2 rings (SSSR count). The van der Waals surface area contributed by atoms with E-state index >= 15 is 0 Å². The van der Waals surface area contributed by atoms with E-state index in [9.17, 15) is 25.5 Å². The molecule has 5 N–H and O–H groups in total. The molecule has 49 heavy (non-hydrogen) atoms. The molecule has 2 fully saturated rings. The van der Waals surface area contributed by atoms with Gasteiger partial charge < -0.3 is 44.5 Å². The Kier molecular flexibility index (Phi) is 20.8. The first-order valence-corrected chi connectivity index (χ1v) is 18.1. The van der Waals surface area contributed by atoms with E-state index < -0.39 is 49.2 Å². The van der Waals surface area contributed by atoms with Crippen LogP contribution in [0.15, 0.2) is 69.9 Å². The van der Waals surface area contributed by atoms with Crippen LogP contribution in [0.4, 0.5) is 0 Å². The van der Waals surface area contributed by atoms with Crippen LogP contribution >= 0.6 is 0 Å². The van der Waals surface area contributed by atoms with E-state index in [0.717, 1.165) is 69.8 Å². The molecule has 9 heteroatoms. The summed E-state index contributed by atoms with van der Waals surface area (Å²) in [6, 6.07) is 0. The summed E-state index contributed by atoms with van der Waals surface area (Å²) < 4.78 is 22.0. The summed E-state index contributed by atoms with van der Waals surface area (Å²) in [5, 5.41) is 50.5. The van der Waals surface area contributed by atoms with Crippen LogP contribution in [0.5, 0.6) is 0 Å². The second kappa shape index (κ2) is 23.5. The van der Waals surface area contributed by atoms with Gasteiger partial charge in [-0.1, -0.05) is 69.9 Å². The van der Waals surface area contributed by atoms with Crippen LogP contribution in [0.3, 0.4) is 0 Å². The number of hydrogen-bond donors (Lipinski definition) is 5. The number of hydrogen-bond acceptors (Lipinski definition) is 9. The average Bonchev–Trinajstić information content (AvgIpc) is 3.04. The number of ether oxygens (including phenoxy) is 4. The molecule has 2 aliphatic heterocycles. The van der Waals surface area contributed by atoms with Gasteiger partial charge >= 0.3 is 0 Å². The molecule has 2 heterocycles. The molecule has 2 aliphatic rings. The molecule has 0 aromatic heterocycles.